The van der Waals surface area contributed by atoms with Crippen LogP contribution < -0.4 is 21.7 Å². The van der Waals surface area contributed by atoms with Crippen LogP contribution in [0, 0.1) is 18.8 Å². The lowest BCUT2D eigenvalue weighted by atomic mass is 9.78. The fourth-order valence-corrected chi connectivity index (χ4v) is 4.88. The standard InChI is InChI=1S/C19H23N5O2S/c1-11-16(27-19(21-11)12-6-3-2-4-7-12)18(26)24-23-17(25)14-9-5-8-13-10-20-22-15(13)14/h2-4,6-7,13-15,20,22H,5,8-10H2,1H3,(H,23,25)(H,24,26). The minimum atomic E-state index is -0.328. The molecule has 0 spiro atoms. The molecule has 1 aromatic carbocycles. The zero-order valence-corrected chi connectivity index (χ0v) is 15.9. The molecule has 2 amide bonds. The number of nitrogens with zero attached hydrogens (tertiary/aromatic N) is 1. The average molecular weight is 385 g/mol. The molecule has 0 bridgehead atoms. The summed E-state index contributed by atoms with van der Waals surface area (Å²) in [5, 5.41) is 0.793. The maximum absolute atomic E-state index is 12.6. The van der Waals surface area contributed by atoms with E-state index in [1.165, 1.54) is 11.3 Å². The van der Waals surface area contributed by atoms with Crippen LogP contribution in [-0.2, 0) is 4.79 Å². The Kier molecular flexibility index (Phi) is 5.20. The first-order valence-electron chi connectivity index (χ1n) is 9.25. The van der Waals surface area contributed by atoms with Gasteiger partial charge in [-0.15, -0.1) is 11.3 Å². The fourth-order valence-electron chi connectivity index (χ4n) is 3.92. The van der Waals surface area contributed by atoms with E-state index in [0.29, 0.717) is 16.5 Å². The van der Waals surface area contributed by atoms with Crippen molar-refractivity contribution in [2.45, 2.75) is 32.2 Å². The van der Waals surface area contributed by atoms with Gasteiger partial charge in [0.2, 0.25) is 5.91 Å². The Morgan fingerprint density at radius 1 is 1.19 bits per heavy atom. The van der Waals surface area contributed by atoms with E-state index >= 15 is 0 Å². The van der Waals surface area contributed by atoms with Crippen LogP contribution in [0.4, 0.5) is 0 Å². The van der Waals surface area contributed by atoms with Gasteiger partial charge in [0.15, 0.2) is 0 Å². The van der Waals surface area contributed by atoms with Gasteiger partial charge in [-0.3, -0.25) is 31.3 Å². The van der Waals surface area contributed by atoms with E-state index in [2.05, 4.69) is 26.7 Å². The van der Waals surface area contributed by atoms with Crippen LogP contribution in [0.25, 0.3) is 10.6 Å². The Balaban J connectivity index is 1.39. The summed E-state index contributed by atoms with van der Waals surface area (Å²) in [6.45, 7) is 2.70. The molecule has 142 valence electrons. The maximum Gasteiger partial charge on any atom is 0.281 e. The van der Waals surface area contributed by atoms with Crippen LogP contribution in [0.5, 0.6) is 0 Å². The fraction of sp³-hybridized carbons (Fsp3) is 0.421. The van der Waals surface area contributed by atoms with E-state index in [1.807, 2.05) is 30.3 Å². The van der Waals surface area contributed by atoms with Gasteiger partial charge in [0, 0.05) is 18.2 Å². The first kappa shape index (κ1) is 18.1. The number of carbonyl (C=O) groups excluding carboxylic acids is 2. The predicted molar refractivity (Wildman–Crippen MR) is 104 cm³/mol. The molecule has 1 aliphatic carbocycles. The van der Waals surface area contributed by atoms with Gasteiger partial charge in [-0.25, -0.2) is 4.98 Å². The summed E-state index contributed by atoms with van der Waals surface area (Å²) in [6, 6.07) is 9.88. The SMILES string of the molecule is Cc1nc(-c2ccccc2)sc1C(=O)NNC(=O)C1CCCC2CNNC21. The summed E-state index contributed by atoms with van der Waals surface area (Å²) in [4.78, 5) is 30.1. The van der Waals surface area contributed by atoms with Crippen LogP contribution in [0.15, 0.2) is 30.3 Å². The molecule has 2 heterocycles. The predicted octanol–water partition coefficient (Wildman–Crippen LogP) is 1.77. The molecule has 3 unspecified atom stereocenters. The topological polar surface area (TPSA) is 95.2 Å². The van der Waals surface area contributed by atoms with Crippen LogP contribution in [-0.4, -0.2) is 29.4 Å². The molecule has 2 aliphatic rings. The third-order valence-electron chi connectivity index (χ3n) is 5.32. The lowest BCUT2D eigenvalue weighted by molar-refractivity contribution is -0.128. The monoisotopic (exact) mass is 385 g/mol. The molecular formula is C19H23N5O2S. The number of carbonyl (C=O) groups is 2. The van der Waals surface area contributed by atoms with Crippen molar-refractivity contribution in [2.75, 3.05) is 6.54 Å². The molecule has 1 saturated heterocycles. The van der Waals surface area contributed by atoms with Gasteiger partial charge in [0.1, 0.15) is 9.88 Å². The minimum absolute atomic E-state index is 0.130. The number of aryl methyl sites for hydroxylation is 1. The molecule has 2 aromatic rings. The van der Waals surface area contributed by atoms with Crippen LogP contribution in [0.3, 0.4) is 0 Å². The number of fused-ring (bicyclic) bond motifs is 1. The molecule has 7 nitrogen and oxygen atoms in total. The largest absolute Gasteiger partial charge is 0.281 e. The third-order valence-corrected chi connectivity index (χ3v) is 6.53. The number of benzene rings is 1. The summed E-state index contributed by atoms with van der Waals surface area (Å²) >= 11 is 1.33. The Morgan fingerprint density at radius 2 is 2.00 bits per heavy atom. The Morgan fingerprint density at radius 3 is 2.81 bits per heavy atom. The smallest absolute Gasteiger partial charge is 0.273 e. The third kappa shape index (κ3) is 3.73. The van der Waals surface area contributed by atoms with E-state index in [0.717, 1.165) is 36.4 Å². The van der Waals surface area contributed by atoms with Crippen molar-refractivity contribution in [1.82, 2.24) is 26.7 Å². The summed E-state index contributed by atoms with van der Waals surface area (Å²) < 4.78 is 0. The highest BCUT2D eigenvalue weighted by molar-refractivity contribution is 7.17. The molecule has 27 heavy (non-hydrogen) atoms. The molecule has 8 heteroatoms. The highest BCUT2D eigenvalue weighted by Crippen LogP contribution is 2.31. The van der Waals surface area contributed by atoms with E-state index in [9.17, 15) is 9.59 Å². The van der Waals surface area contributed by atoms with Gasteiger partial charge in [-0.1, -0.05) is 36.8 Å². The zero-order chi connectivity index (χ0) is 18.8. The van der Waals surface area contributed by atoms with Crippen molar-refractivity contribution in [2.24, 2.45) is 11.8 Å². The number of hydrogen-bond donors (Lipinski definition) is 4. The Hall–Kier alpha value is -2.29. The number of hydrogen-bond acceptors (Lipinski definition) is 6. The van der Waals surface area contributed by atoms with Gasteiger partial charge in [-0.2, -0.15) is 0 Å². The second-order valence-electron chi connectivity index (χ2n) is 7.09. The van der Waals surface area contributed by atoms with Crippen molar-refractivity contribution in [3.05, 3.63) is 40.9 Å². The van der Waals surface area contributed by atoms with E-state index in [4.69, 9.17) is 0 Å². The van der Waals surface area contributed by atoms with Gasteiger partial charge in [0.25, 0.3) is 5.91 Å². The molecule has 2 fully saturated rings. The first-order chi connectivity index (χ1) is 13.1. The molecule has 1 aliphatic heterocycles. The molecule has 4 N–H and O–H groups in total. The second-order valence-corrected chi connectivity index (χ2v) is 8.09. The van der Waals surface area contributed by atoms with Crippen LogP contribution in [0.2, 0.25) is 0 Å². The molecule has 1 aromatic heterocycles. The lowest BCUT2D eigenvalue weighted by Gasteiger charge is -2.31. The van der Waals surface area contributed by atoms with Crippen molar-refractivity contribution in [1.29, 1.82) is 0 Å². The van der Waals surface area contributed by atoms with Crippen molar-refractivity contribution in [3.8, 4) is 10.6 Å². The minimum Gasteiger partial charge on any atom is -0.273 e. The van der Waals surface area contributed by atoms with E-state index in [-0.39, 0.29) is 23.8 Å². The Bertz CT molecular complexity index is 838. The van der Waals surface area contributed by atoms with Crippen molar-refractivity contribution < 1.29 is 9.59 Å². The first-order valence-corrected chi connectivity index (χ1v) is 10.1. The van der Waals surface area contributed by atoms with Crippen LogP contribution in [0.1, 0.15) is 34.6 Å². The number of amides is 2. The lowest BCUT2D eigenvalue weighted by Crippen LogP contribution is -2.52. The number of thiazole rings is 1. The number of nitrogens with one attached hydrogen (secondary N) is 4. The summed E-state index contributed by atoms with van der Waals surface area (Å²) in [5.41, 5.74) is 13.2. The zero-order valence-electron chi connectivity index (χ0n) is 15.1. The van der Waals surface area contributed by atoms with Crippen molar-refractivity contribution >= 4 is 23.2 Å². The van der Waals surface area contributed by atoms with Gasteiger partial charge >= 0.3 is 0 Å². The highest BCUT2D eigenvalue weighted by atomic mass is 32.1. The molecule has 4 rings (SSSR count). The van der Waals surface area contributed by atoms with Gasteiger partial charge < -0.3 is 0 Å². The maximum atomic E-state index is 12.6. The molecule has 0 radical (unpaired) electrons. The van der Waals surface area contributed by atoms with Crippen molar-refractivity contribution in [3.63, 3.8) is 0 Å². The number of rotatable bonds is 3. The highest BCUT2D eigenvalue weighted by Gasteiger charge is 2.40. The van der Waals surface area contributed by atoms with Gasteiger partial charge in [-0.05, 0) is 25.7 Å². The summed E-state index contributed by atoms with van der Waals surface area (Å²) in [7, 11) is 0. The quantitative estimate of drug-likeness (QED) is 0.604. The molecule has 1 saturated carbocycles. The summed E-state index contributed by atoms with van der Waals surface area (Å²) in [6.07, 6.45) is 2.99. The normalized spacial score (nSPS) is 24.3. The molecule has 3 atom stereocenters. The Labute approximate surface area is 161 Å². The van der Waals surface area contributed by atoms with E-state index in [1.54, 1.807) is 6.92 Å². The van der Waals surface area contributed by atoms with Crippen LogP contribution >= 0.6 is 11.3 Å². The van der Waals surface area contributed by atoms with E-state index < -0.39 is 0 Å². The summed E-state index contributed by atoms with van der Waals surface area (Å²) in [5.74, 6) is -0.131. The average Bonchev–Trinajstić information content (AvgIpc) is 3.33. The van der Waals surface area contributed by atoms with Gasteiger partial charge in [0.05, 0.1) is 11.6 Å². The number of aromatic nitrogens is 1. The number of hydrazine groups is 2. The molecular weight excluding hydrogens is 362 g/mol. The second kappa shape index (κ2) is 7.75.